The molecule has 5 heteroatoms. The molecular weight excluding hydrogens is 280 g/mol. The minimum absolute atomic E-state index is 0.435. The van der Waals surface area contributed by atoms with Crippen molar-refractivity contribution in [2.24, 2.45) is 11.7 Å². The van der Waals surface area contributed by atoms with Crippen molar-refractivity contribution >= 4 is 23.0 Å². The molecule has 0 atom stereocenters. The zero-order chi connectivity index (χ0) is 15.6. The molecule has 0 unspecified atom stereocenters. The van der Waals surface area contributed by atoms with Gasteiger partial charge < -0.3 is 15.5 Å². The molecule has 0 amide bonds. The summed E-state index contributed by atoms with van der Waals surface area (Å²) in [5.41, 5.74) is 8.96. The van der Waals surface area contributed by atoms with Crippen molar-refractivity contribution in [2.45, 2.75) is 26.7 Å². The smallest absolute Gasteiger partial charge is 0.139 e. The first-order chi connectivity index (χ1) is 9.88. The number of hydrogen-bond donors (Lipinski definition) is 1. The van der Waals surface area contributed by atoms with E-state index in [2.05, 4.69) is 35.8 Å². The number of anilines is 1. The monoisotopic (exact) mass is 306 g/mol. The van der Waals surface area contributed by atoms with E-state index in [-0.39, 0.29) is 0 Å². The van der Waals surface area contributed by atoms with Gasteiger partial charge in [0.05, 0.1) is 5.56 Å². The fourth-order valence-electron chi connectivity index (χ4n) is 3.12. The summed E-state index contributed by atoms with van der Waals surface area (Å²) in [5.74, 6) is 1.65. The molecule has 2 N–H and O–H groups in total. The van der Waals surface area contributed by atoms with E-state index >= 15 is 0 Å². The van der Waals surface area contributed by atoms with Gasteiger partial charge in [0, 0.05) is 19.3 Å². The molecular formula is C16H26N4S. The van der Waals surface area contributed by atoms with Gasteiger partial charge >= 0.3 is 0 Å². The Kier molecular flexibility index (Phi) is 5.17. The van der Waals surface area contributed by atoms with E-state index in [4.69, 9.17) is 18.0 Å². The first kappa shape index (κ1) is 16.2. The molecule has 0 aliphatic carbocycles. The average Bonchev–Trinajstić information content (AvgIpc) is 2.39. The highest BCUT2D eigenvalue weighted by Gasteiger charge is 2.21. The quantitative estimate of drug-likeness (QED) is 0.863. The maximum Gasteiger partial charge on any atom is 0.139 e. The Labute approximate surface area is 133 Å². The van der Waals surface area contributed by atoms with Crippen LogP contribution >= 0.6 is 12.2 Å². The van der Waals surface area contributed by atoms with Crippen molar-refractivity contribution in [1.29, 1.82) is 0 Å². The molecule has 116 valence electrons. The van der Waals surface area contributed by atoms with Gasteiger partial charge in [-0.2, -0.15) is 0 Å². The highest BCUT2D eigenvalue weighted by Crippen LogP contribution is 2.24. The second kappa shape index (κ2) is 6.71. The predicted octanol–water partition coefficient (Wildman–Crippen LogP) is 2.11. The fourth-order valence-corrected chi connectivity index (χ4v) is 3.37. The van der Waals surface area contributed by atoms with E-state index in [0.29, 0.717) is 10.9 Å². The topological polar surface area (TPSA) is 45.4 Å². The predicted molar refractivity (Wildman–Crippen MR) is 93.1 cm³/mol. The molecule has 4 nitrogen and oxygen atoms in total. The Hall–Kier alpha value is -1.20. The Morgan fingerprint density at radius 3 is 2.62 bits per heavy atom. The van der Waals surface area contributed by atoms with Gasteiger partial charge in [-0.1, -0.05) is 12.2 Å². The van der Waals surface area contributed by atoms with Crippen molar-refractivity contribution in [1.82, 2.24) is 9.88 Å². The number of aromatic nitrogens is 1. The molecule has 1 aliphatic rings. The lowest BCUT2D eigenvalue weighted by Crippen LogP contribution is -2.36. The maximum absolute atomic E-state index is 5.91. The van der Waals surface area contributed by atoms with Gasteiger partial charge in [-0.25, -0.2) is 4.98 Å². The number of rotatable bonds is 4. The van der Waals surface area contributed by atoms with Crippen LogP contribution in [-0.4, -0.2) is 48.6 Å². The summed E-state index contributed by atoms with van der Waals surface area (Å²) in [5, 5.41) is 0. The van der Waals surface area contributed by atoms with E-state index < -0.39 is 0 Å². The van der Waals surface area contributed by atoms with Crippen LogP contribution in [0.15, 0.2) is 6.07 Å². The van der Waals surface area contributed by atoms with E-state index in [9.17, 15) is 0 Å². The first-order valence-electron chi connectivity index (χ1n) is 7.56. The minimum Gasteiger partial charge on any atom is -0.389 e. The van der Waals surface area contributed by atoms with Crippen LogP contribution in [0.2, 0.25) is 0 Å². The largest absolute Gasteiger partial charge is 0.389 e. The van der Waals surface area contributed by atoms with Crippen LogP contribution < -0.4 is 10.6 Å². The number of nitrogens with two attached hydrogens (primary N) is 1. The summed E-state index contributed by atoms with van der Waals surface area (Å²) in [7, 11) is 4.29. The highest BCUT2D eigenvalue weighted by atomic mass is 32.1. The minimum atomic E-state index is 0.435. The number of aryl methyl sites for hydroxylation is 2. The number of hydrogen-bond acceptors (Lipinski definition) is 4. The van der Waals surface area contributed by atoms with Crippen molar-refractivity contribution < 1.29 is 0 Å². The van der Waals surface area contributed by atoms with Gasteiger partial charge in [-0.15, -0.1) is 0 Å². The van der Waals surface area contributed by atoms with Crippen LogP contribution in [0.3, 0.4) is 0 Å². The van der Waals surface area contributed by atoms with Crippen LogP contribution in [0.25, 0.3) is 0 Å². The molecule has 1 aromatic heterocycles. The summed E-state index contributed by atoms with van der Waals surface area (Å²) < 4.78 is 0. The molecule has 1 aliphatic heterocycles. The summed E-state index contributed by atoms with van der Waals surface area (Å²) in [4.78, 5) is 9.74. The third-order valence-corrected chi connectivity index (χ3v) is 4.51. The standard InChI is InChI=1S/C16H26N4S/c1-11-9-12(2)18-16(14(11)15(17)21)20(4)10-13-5-7-19(3)8-6-13/h9,13H,5-8,10H2,1-4H3,(H2,17,21). The number of pyridine rings is 1. The summed E-state index contributed by atoms with van der Waals surface area (Å²) in [6, 6.07) is 2.04. The molecule has 0 aromatic carbocycles. The van der Waals surface area contributed by atoms with E-state index in [1.165, 1.54) is 25.9 Å². The SMILES string of the molecule is Cc1cc(C)c(C(N)=S)c(N(C)CC2CCN(C)CC2)n1. The van der Waals surface area contributed by atoms with Crippen LogP contribution in [0.5, 0.6) is 0 Å². The zero-order valence-corrected chi connectivity index (χ0v) is 14.3. The molecule has 0 radical (unpaired) electrons. The molecule has 1 fully saturated rings. The third-order valence-electron chi connectivity index (χ3n) is 4.30. The number of piperidine rings is 1. The van der Waals surface area contributed by atoms with Crippen LogP contribution in [-0.2, 0) is 0 Å². The average molecular weight is 306 g/mol. The first-order valence-corrected chi connectivity index (χ1v) is 7.97. The van der Waals surface area contributed by atoms with Crippen molar-refractivity contribution in [3.8, 4) is 0 Å². The Balaban J connectivity index is 2.18. The Bertz CT molecular complexity index is 521. The van der Waals surface area contributed by atoms with E-state index in [1.807, 2.05) is 13.0 Å². The third kappa shape index (κ3) is 3.92. The van der Waals surface area contributed by atoms with Crippen LogP contribution in [0, 0.1) is 19.8 Å². The lowest BCUT2D eigenvalue weighted by molar-refractivity contribution is 0.222. The molecule has 1 saturated heterocycles. The lowest BCUT2D eigenvalue weighted by atomic mass is 9.96. The molecule has 2 rings (SSSR count). The molecule has 0 saturated carbocycles. The number of nitrogens with zero attached hydrogens (tertiary/aromatic N) is 3. The molecule has 21 heavy (non-hydrogen) atoms. The van der Waals surface area contributed by atoms with E-state index in [0.717, 1.165) is 29.2 Å². The maximum atomic E-state index is 5.91. The second-order valence-corrected chi connectivity index (χ2v) is 6.71. The van der Waals surface area contributed by atoms with Gasteiger partial charge in [0.25, 0.3) is 0 Å². The van der Waals surface area contributed by atoms with Crippen LogP contribution in [0.1, 0.15) is 29.7 Å². The summed E-state index contributed by atoms with van der Waals surface area (Å²) in [6.07, 6.45) is 2.49. The van der Waals surface area contributed by atoms with Gasteiger partial charge in [0.1, 0.15) is 10.8 Å². The van der Waals surface area contributed by atoms with Crippen molar-refractivity contribution in [3.05, 3.63) is 22.9 Å². The number of likely N-dealkylation sites (tertiary alicyclic amines) is 1. The van der Waals surface area contributed by atoms with Gasteiger partial charge in [-0.05, 0) is 64.4 Å². The molecule has 0 bridgehead atoms. The van der Waals surface area contributed by atoms with Gasteiger partial charge in [-0.3, -0.25) is 0 Å². The summed E-state index contributed by atoms with van der Waals surface area (Å²) in [6.45, 7) is 7.44. The second-order valence-electron chi connectivity index (χ2n) is 6.27. The normalized spacial score (nSPS) is 17.0. The molecule has 1 aromatic rings. The Morgan fingerprint density at radius 2 is 2.05 bits per heavy atom. The van der Waals surface area contributed by atoms with Crippen LogP contribution in [0.4, 0.5) is 5.82 Å². The van der Waals surface area contributed by atoms with Crippen molar-refractivity contribution in [2.75, 3.05) is 38.6 Å². The number of thiocarbonyl (C=S) groups is 1. The van der Waals surface area contributed by atoms with Gasteiger partial charge in [0.15, 0.2) is 0 Å². The molecule has 0 spiro atoms. The molecule has 2 heterocycles. The highest BCUT2D eigenvalue weighted by molar-refractivity contribution is 7.80. The van der Waals surface area contributed by atoms with E-state index in [1.54, 1.807) is 0 Å². The lowest BCUT2D eigenvalue weighted by Gasteiger charge is -2.32. The zero-order valence-electron chi connectivity index (χ0n) is 13.5. The Morgan fingerprint density at radius 1 is 1.43 bits per heavy atom. The van der Waals surface area contributed by atoms with Gasteiger partial charge in [0.2, 0.25) is 0 Å². The summed E-state index contributed by atoms with van der Waals surface area (Å²) >= 11 is 5.22. The van der Waals surface area contributed by atoms with Crippen molar-refractivity contribution in [3.63, 3.8) is 0 Å². The fraction of sp³-hybridized carbons (Fsp3) is 0.625.